The number of benzene rings is 3. The van der Waals surface area contributed by atoms with Gasteiger partial charge in [-0.1, -0.05) is 71.4 Å². The van der Waals surface area contributed by atoms with Crippen molar-refractivity contribution in [1.82, 2.24) is 5.01 Å². The highest BCUT2D eigenvalue weighted by Crippen LogP contribution is 2.39. The monoisotopic (exact) mass is 532 g/mol. The molecule has 9 heteroatoms. The van der Waals surface area contributed by atoms with Gasteiger partial charge in [0.1, 0.15) is 11.0 Å². The fraction of sp³-hybridized carbons (Fsp3) is 0.214. The molecule has 5 rings (SSSR count). The number of ether oxygens (including phenoxy) is 1. The quantitative estimate of drug-likeness (QED) is 0.431. The van der Waals surface area contributed by atoms with Gasteiger partial charge in [0.25, 0.3) is 5.91 Å². The maximum Gasteiger partial charge on any atom is 0.262 e. The summed E-state index contributed by atoms with van der Waals surface area (Å²) in [5.74, 6) is 0.150. The second kappa shape index (κ2) is 10.8. The Bertz CT molecular complexity index is 1390. The molecule has 0 unspecified atom stereocenters. The molecule has 7 nitrogen and oxygen atoms in total. The maximum atomic E-state index is 12.8. The van der Waals surface area contributed by atoms with Crippen LogP contribution in [0.4, 0.5) is 5.69 Å². The highest BCUT2D eigenvalue weighted by Gasteiger charge is 2.39. The average molecular weight is 533 g/mol. The first kappa shape index (κ1) is 25.0. The van der Waals surface area contributed by atoms with E-state index in [4.69, 9.17) is 21.4 Å². The predicted octanol–water partition coefficient (Wildman–Crippen LogP) is 5.83. The van der Waals surface area contributed by atoms with Gasteiger partial charge in [-0.05, 0) is 48.4 Å². The zero-order valence-corrected chi connectivity index (χ0v) is 21.9. The van der Waals surface area contributed by atoms with E-state index in [1.165, 1.54) is 17.3 Å². The second-order valence-electron chi connectivity index (χ2n) is 8.85. The zero-order chi connectivity index (χ0) is 25.9. The lowest BCUT2D eigenvalue weighted by atomic mass is 9.98. The van der Waals surface area contributed by atoms with Crippen molar-refractivity contribution in [2.75, 3.05) is 12.4 Å². The number of methoxy groups -OCH3 is 1. The van der Waals surface area contributed by atoms with Crippen molar-refractivity contribution in [2.45, 2.75) is 31.1 Å². The molecule has 0 saturated carbocycles. The van der Waals surface area contributed by atoms with Crippen LogP contribution in [0, 0.1) is 6.92 Å². The SMILES string of the molecule is COc1ccc([C@H]2CC(c3ccc(C)cc3)=NN2C2=NC(=O)[C@H](CC(=O)Nc3cccc(Cl)c3)S2)cc1. The molecule has 1 N–H and O–H groups in total. The topological polar surface area (TPSA) is 83.4 Å². The molecule has 2 aliphatic rings. The molecule has 3 aromatic carbocycles. The van der Waals surface area contributed by atoms with Crippen LogP contribution >= 0.6 is 23.4 Å². The molecule has 2 amide bonds. The average Bonchev–Trinajstić information content (AvgIpc) is 3.48. The number of rotatable bonds is 6. The Hall–Kier alpha value is -3.62. The van der Waals surface area contributed by atoms with E-state index in [0.717, 1.165) is 22.6 Å². The van der Waals surface area contributed by atoms with E-state index in [1.54, 1.807) is 31.4 Å². The first-order valence-corrected chi connectivity index (χ1v) is 13.1. The number of aryl methyl sites for hydroxylation is 1. The van der Waals surface area contributed by atoms with Gasteiger partial charge < -0.3 is 10.1 Å². The standard InChI is InChI=1S/C28H25ClN4O3S/c1-17-6-8-18(9-7-17)23-15-24(19-10-12-22(36-2)13-11-19)33(32-23)28-31-27(35)25(37-28)16-26(34)30-21-5-3-4-20(29)14-21/h3-14,24-25H,15-16H2,1-2H3,(H,30,34)/t24-,25+/m1/s1. The van der Waals surface area contributed by atoms with Gasteiger partial charge in [0.05, 0.1) is 18.9 Å². The third kappa shape index (κ3) is 5.70. The number of halogens is 1. The smallest absolute Gasteiger partial charge is 0.262 e. The molecule has 0 radical (unpaired) electrons. The van der Waals surface area contributed by atoms with Crippen molar-refractivity contribution in [3.63, 3.8) is 0 Å². The lowest BCUT2D eigenvalue weighted by molar-refractivity contribution is -0.121. The van der Waals surface area contributed by atoms with Gasteiger partial charge in [0, 0.05) is 23.6 Å². The van der Waals surface area contributed by atoms with E-state index in [2.05, 4.69) is 34.6 Å². The molecule has 0 aromatic heterocycles. The Kier molecular flexibility index (Phi) is 7.30. The molecule has 3 aromatic rings. The van der Waals surface area contributed by atoms with Crippen LogP contribution in [0.1, 0.15) is 35.6 Å². The summed E-state index contributed by atoms with van der Waals surface area (Å²) in [6.07, 6.45) is 0.654. The lowest BCUT2D eigenvalue weighted by Gasteiger charge is -2.23. The minimum atomic E-state index is -0.621. The van der Waals surface area contributed by atoms with Gasteiger partial charge in [-0.3, -0.25) is 9.59 Å². The number of hydrogen-bond acceptors (Lipinski definition) is 6. The molecule has 0 aliphatic carbocycles. The number of amides is 2. The molecule has 2 heterocycles. The van der Waals surface area contributed by atoms with Gasteiger partial charge in [-0.25, -0.2) is 5.01 Å². The van der Waals surface area contributed by atoms with Crippen molar-refractivity contribution in [1.29, 1.82) is 0 Å². The van der Waals surface area contributed by atoms with Crippen LogP contribution in [0.25, 0.3) is 0 Å². The fourth-order valence-electron chi connectivity index (χ4n) is 4.24. The zero-order valence-electron chi connectivity index (χ0n) is 20.3. The Morgan fingerprint density at radius 2 is 1.89 bits per heavy atom. The number of anilines is 1. The summed E-state index contributed by atoms with van der Waals surface area (Å²) < 4.78 is 5.31. The number of amidine groups is 1. The number of aliphatic imine (C=N–C) groups is 1. The molecule has 2 aliphatic heterocycles. The summed E-state index contributed by atoms with van der Waals surface area (Å²) >= 11 is 7.28. The van der Waals surface area contributed by atoms with Gasteiger partial charge in [0.2, 0.25) is 5.91 Å². The van der Waals surface area contributed by atoms with Gasteiger partial charge in [-0.15, -0.1) is 0 Å². The van der Waals surface area contributed by atoms with Crippen molar-refractivity contribution in [3.8, 4) is 5.75 Å². The maximum absolute atomic E-state index is 12.8. The Labute approximate surface area is 224 Å². The van der Waals surface area contributed by atoms with Crippen molar-refractivity contribution >= 4 is 51.7 Å². The van der Waals surface area contributed by atoms with Crippen LogP contribution in [0.3, 0.4) is 0 Å². The largest absolute Gasteiger partial charge is 0.497 e. The molecule has 2 atom stereocenters. The molecule has 0 spiro atoms. The third-order valence-electron chi connectivity index (χ3n) is 6.20. The van der Waals surface area contributed by atoms with Gasteiger partial charge >= 0.3 is 0 Å². The Balaban J connectivity index is 1.35. The molecule has 0 fully saturated rings. The number of thioether (sulfide) groups is 1. The molecule has 0 saturated heterocycles. The van der Waals surface area contributed by atoms with Crippen LogP contribution in [0.2, 0.25) is 5.02 Å². The van der Waals surface area contributed by atoms with E-state index in [1.807, 2.05) is 36.2 Å². The van der Waals surface area contributed by atoms with E-state index in [-0.39, 0.29) is 24.3 Å². The van der Waals surface area contributed by atoms with E-state index in [0.29, 0.717) is 22.3 Å². The first-order valence-electron chi connectivity index (χ1n) is 11.8. The number of hydrogen-bond donors (Lipinski definition) is 1. The van der Waals surface area contributed by atoms with E-state index in [9.17, 15) is 9.59 Å². The second-order valence-corrected chi connectivity index (χ2v) is 10.5. The van der Waals surface area contributed by atoms with Crippen LogP contribution < -0.4 is 10.1 Å². The van der Waals surface area contributed by atoms with E-state index >= 15 is 0 Å². The summed E-state index contributed by atoms with van der Waals surface area (Å²) in [5, 5.41) is 9.91. The lowest BCUT2D eigenvalue weighted by Crippen LogP contribution is -2.25. The molecular formula is C28H25ClN4O3S. The highest BCUT2D eigenvalue weighted by molar-refractivity contribution is 8.15. The van der Waals surface area contributed by atoms with Crippen LogP contribution in [-0.2, 0) is 9.59 Å². The summed E-state index contributed by atoms with van der Waals surface area (Å²) in [5.41, 5.74) is 4.73. The number of hydrazone groups is 1. The molecule has 0 bridgehead atoms. The van der Waals surface area contributed by atoms with Crippen molar-refractivity contribution in [3.05, 3.63) is 94.5 Å². The summed E-state index contributed by atoms with van der Waals surface area (Å²) in [4.78, 5) is 29.7. The fourth-order valence-corrected chi connectivity index (χ4v) is 5.50. The summed E-state index contributed by atoms with van der Waals surface area (Å²) in [7, 11) is 1.63. The van der Waals surface area contributed by atoms with Gasteiger partial charge in [-0.2, -0.15) is 10.1 Å². The number of nitrogens with zero attached hydrogens (tertiary/aromatic N) is 3. The minimum absolute atomic E-state index is 0.00140. The van der Waals surface area contributed by atoms with Crippen LogP contribution in [-0.4, -0.2) is 40.1 Å². The predicted molar refractivity (Wildman–Crippen MR) is 148 cm³/mol. The number of carbonyl (C=O) groups excluding carboxylic acids is 2. The Morgan fingerprint density at radius 3 is 2.59 bits per heavy atom. The normalized spacial score (nSPS) is 19.0. The minimum Gasteiger partial charge on any atom is -0.497 e. The Morgan fingerprint density at radius 1 is 1.14 bits per heavy atom. The molecule has 37 heavy (non-hydrogen) atoms. The molecular weight excluding hydrogens is 508 g/mol. The third-order valence-corrected chi connectivity index (χ3v) is 7.58. The van der Waals surface area contributed by atoms with Crippen LogP contribution in [0.5, 0.6) is 5.75 Å². The van der Waals surface area contributed by atoms with Crippen LogP contribution in [0.15, 0.2) is 82.9 Å². The van der Waals surface area contributed by atoms with Gasteiger partial charge in [0.15, 0.2) is 5.17 Å². The first-order chi connectivity index (χ1) is 17.9. The van der Waals surface area contributed by atoms with E-state index < -0.39 is 5.25 Å². The molecule has 188 valence electrons. The van der Waals surface area contributed by atoms with Crippen molar-refractivity contribution < 1.29 is 14.3 Å². The summed E-state index contributed by atoms with van der Waals surface area (Å²) in [6.45, 7) is 2.05. The number of nitrogens with one attached hydrogen (secondary N) is 1. The highest BCUT2D eigenvalue weighted by atomic mass is 35.5. The van der Waals surface area contributed by atoms with Crippen molar-refractivity contribution in [2.24, 2.45) is 10.1 Å². The number of carbonyl (C=O) groups is 2. The summed E-state index contributed by atoms with van der Waals surface area (Å²) in [6, 6.07) is 22.8.